The second-order valence-corrected chi connectivity index (χ2v) is 4.34. The molecule has 0 atom stereocenters. The second kappa shape index (κ2) is 5.62. The number of benzene rings is 1. The van der Waals surface area contributed by atoms with Gasteiger partial charge in [-0.05, 0) is 17.7 Å². The number of fused-ring (bicyclic) bond motifs is 1. The Morgan fingerprint density at radius 1 is 1.19 bits per heavy atom. The molecule has 0 saturated heterocycles. The van der Waals surface area contributed by atoms with E-state index >= 15 is 0 Å². The summed E-state index contributed by atoms with van der Waals surface area (Å²) in [5.74, 6) is 0.0871. The Hall–Kier alpha value is -2.89. The number of hydrogen-bond acceptors (Lipinski definition) is 5. The van der Waals surface area contributed by atoms with Crippen molar-refractivity contribution in [1.29, 1.82) is 0 Å². The highest BCUT2D eigenvalue weighted by molar-refractivity contribution is 5.88. The van der Waals surface area contributed by atoms with Gasteiger partial charge in [0.05, 0.1) is 7.11 Å². The van der Waals surface area contributed by atoms with Gasteiger partial charge in [-0.1, -0.05) is 30.3 Å². The fraction of sp³-hybridized carbons (Fsp3) is 0.133. The molecule has 3 aromatic rings. The maximum Gasteiger partial charge on any atom is 0.356 e. The number of aromatic nitrogens is 3. The van der Waals surface area contributed by atoms with Gasteiger partial charge in [-0.2, -0.15) is 5.10 Å². The van der Waals surface area contributed by atoms with Crippen molar-refractivity contribution in [3.8, 4) is 5.75 Å². The van der Waals surface area contributed by atoms with Gasteiger partial charge in [0.15, 0.2) is 17.1 Å². The lowest BCUT2D eigenvalue weighted by atomic mass is 10.2. The van der Waals surface area contributed by atoms with Crippen LogP contribution in [0.2, 0.25) is 0 Å². The molecule has 1 aromatic carbocycles. The van der Waals surface area contributed by atoms with Crippen molar-refractivity contribution in [2.75, 3.05) is 7.11 Å². The summed E-state index contributed by atoms with van der Waals surface area (Å²) in [7, 11) is 1.32. The summed E-state index contributed by atoms with van der Waals surface area (Å²) in [6.45, 7) is 0.418. The van der Waals surface area contributed by atoms with Crippen LogP contribution in [0.5, 0.6) is 5.75 Å². The van der Waals surface area contributed by atoms with E-state index in [0.717, 1.165) is 5.56 Å². The first kappa shape index (κ1) is 13.1. The summed E-state index contributed by atoms with van der Waals surface area (Å²) in [6, 6.07) is 13.1. The van der Waals surface area contributed by atoms with Crippen molar-refractivity contribution in [2.45, 2.75) is 6.61 Å². The van der Waals surface area contributed by atoms with Gasteiger partial charge in [0.1, 0.15) is 12.9 Å². The molecule has 0 aliphatic rings. The van der Waals surface area contributed by atoms with Crippen LogP contribution in [0.4, 0.5) is 0 Å². The van der Waals surface area contributed by atoms with Gasteiger partial charge in [-0.15, -0.1) is 0 Å². The summed E-state index contributed by atoms with van der Waals surface area (Å²) >= 11 is 0. The molecular formula is C15H13N3O3. The molecule has 3 rings (SSSR count). The van der Waals surface area contributed by atoms with E-state index in [1.165, 1.54) is 18.0 Å². The minimum absolute atomic E-state index is 0.303. The number of carbonyl (C=O) groups excluding carboxylic acids is 1. The van der Waals surface area contributed by atoms with Gasteiger partial charge >= 0.3 is 5.97 Å². The first-order valence-electron chi connectivity index (χ1n) is 6.37. The zero-order valence-electron chi connectivity index (χ0n) is 11.4. The van der Waals surface area contributed by atoms with E-state index in [4.69, 9.17) is 9.47 Å². The number of ether oxygens (including phenoxy) is 2. The molecule has 6 nitrogen and oxygen atoms in total. The third-order valence-electron chi connectivity index (χ3n) is 3.02. The molecular weight excluding hydrogens is 270 g/mol. The molecule has 0 bridgehead atoms. The highest BCUT2D eigenvalue weighted by atomic mass is 16.5. The third-order valence-corrected chi connectivity index (χ3v) is 3.02. The largest absolute Gasteiger partial charge is 0.485 e. The minimum Gasteiger partial charge on any atom is -0.485 e. The number of methoxy groups -OCH3 is 1. The molecule has 106 valence electrons. The summed E-state index contributed by atoms with van der Waals surface area (Å²) in [6.07, 6.45) is 1.37. The van der Waals surface area contributed by atoms with Crippen molar-refractivity contribution in [2.24, 2.45) is 0 Å². The highest BCUT2D eigenvalue weighted by Crippen LogP contribution is 2.20. The van der Waals surface area contributed by atoms with Gasteiger partial charge in [0.2, 0.25) is 0 Å². The SMILES string of the molecule is COC(=O)c1ccc(OCc2ccccc2)c2ncnn12. The number of hydrogen-bond donors (Lipinski definition) is 0. The van der Waals surface area contributed by atoms with Crippen LogP contribution in [-0.4, -0.2) is 27.7 Å². The van der Waals surface area contributed by atoms with Crippen molar-refractivity contribution < 1.29 is 14.3 Å². The zero-order chi connectivity index (χ0) is 14.7. The van der Waals surface area contributed by atoms with Crippen LogP contribution in [-0.2, 0) is 11.3 Å². The van der Waals surface area contributed by atoms with E-state index in [2.05, 4.69) is 10.1 Å². The average Bonchev–Trinajstić information content (AvgIpc) is 3.02. The Bertz CT molecular complexity index is 768. The quantitative estimate of drug-likeness (QED) is 0.686. The van der Waals surface area contributed by atoms with Crippen molar-refractivity contribution >= 4 is 11.6 Å². The smallest absolute Gasteiger partial charge is 0.356 e. The number of rotatable bonds is 4. The Labute approximate surface area is 120 Å². The number of nitrogens with zero attached hydrogens (tertiary/aromatic N) is 3. The molecule has 0 saturated carbocycles. The van der Waals surface area contributed by atoms with Gasteiger partial charge < -0.3 is 9.47 Å². The average molecular weight is 283 g/mol. The Morgan fingerprint density at radius 2 is 2.00 bits per heavy atom. The Balaban J connectivity index is 1.90. The van der Waals surface area contributed by atoms with E-state index in [-0.39, 0.29) is 0 Å². The first-order valence-corrected chi connectivity index (χ1v) is 6.37. The van der Waals surface area contributed by atoms with Gasteiger partial charge in [0, 0.05) is 0 Å². The van der Waals surface area contributed by atoms with E-state index < -0.39 is 5.97 Å². The van der Waals surface area contributed by atoms with Crippen LogP contribution in [0.3, 0.4) is 0 Å². The molecule has 0 amide bonds. The summed E-state index contributed by atoms with van der Waals surface area (Å²) in [4.78, 5) is 15.8. The van der Waals surface area contributed by atoms with Gasteiger partial charge in [0.25, 0.3) is 0 Å². The maximum absolute atomic E-state index is 11.7. The topological polar surface area (TPSA) is 65.7 Å². The molecule has 21 heavy (non-hydrogen) atoms. The van der Waals surface area contributed by atoms with E-state index in [9.17, 15) is 4.79 Å². The zero-order valence-corrected chi connectivity index (χ0v) is 11.4. The first-order chi connectivity index (χ1) is 10.3. The number of carbonyl (C=O) groups is 1. The standard InChI is InChI=1S/C15H13N3O3/c1-20-15(19)12-7-8-13(14-16-10-17-18(12)14)21-9-11-5-3-2-4-6-11/h2-8,10H,9H2,1H3. The molecule has 2 heterocycles. The summed E-state index contributed by atoms with van der Waals surface area (Å²) < 4.78 is 11.9. The molecule has 6 heteroatoms. The predicted molar refractivity (Wildman–Crippen MR) is 75.1 cm³/mol. The summed E-state index contributed by atoms with van der Waals surface area (Å²) in [5, 5.41) is 4.03. The maximum atomic E-state index is 11.7. The lowest BCUT2D eigenvalue weighted by molar-refractivity contribution is 0.0590. The second-order valence-electron chi connectivity index (χ2n) is 4.34. The Kier molecular flexibility index (Phi) is 3.51. The molecule has 0 aliphatic carbocycles. The molecule has 2 aromatic heterocycles. The minimum atomic E-state index is -0.472. The van der Waals surface area contributed by atoms with Crippen LogP contribution in [0, 0.1) is 0 Å². The van der Waals surface area contributed by atoms with E-state index in [1.54, 1.807) is 12.1 Å². The number of pyridine rings is 1. The molecule has 0 aliphatic heterocycles. The van der Waals surface area contributed by atoms with Crippen LogP contribution in [0.25, 0.3) is 5.65 Å². The van der Waals surface area contributed by atoms with E-state index in [1.807, 2.05) is 30.3 Å². The van der Waals surface area contributed by atoms with E-state index in [0.29, 0.717) is 23.7 Å². The lowest BCUT2D eigenvalue weighted by Gasteiger charge is -2.09. The van der Waals surface area contributed by atoms with Crippen LogP contribution in [0.15, 0.2) is 48.8 Å². The highest BCUT2D eigenvalue weighted by Gasteiger charge is 2.15. The Morgan fingerprint density at radius 3 is 2.76 bits per heavy atom. The number of esters is 1. The monoisotopic (exact) mass is 283 g/mol. The van der Waals surface area contributed by atoms with Crippen molar-refractivity contribution in [1.82, 2.24) is 14.6 Å². The molecule has 0 N–H and O–H groups in total. The molecule has 0 fully saturated rings. The lowest BCUT2D eigenvalue weighted by Crippen LogP contribution is -2.10. The fourth-order valence-corrected chi connectivity index (χ4v) is 1.99. The van der Waals surface area contributed by atoms with Crippen LogP contribution in [0.1, 0.15) is 16.1 Å². The van der Waals surface area contributed by atoms with Crippen molar-refractivity contribution in [3.05, 3.63) is 60.0 Å². The fourth-order valence-electron chi connectivity index (χ4n) is 1.99. The normalized spacial score (nSPS) is 10.5. The van der Waals surface area contributed by atoms with Crippen LogP contribution < -0.4 is 4.74 Å². The third kappa shape index (κ3) is 2.55. The van der Waals surface area contributed by atoms with Gasteiger partial charge in [-0.3, -0.25) is 0 Å². The van der Waals surface area contributed by atoms with Gasteiger partial charge in [-0.25, -0.2) is 14.3 Å². The predicted octanol–water partition coefficient (Wildman–Crippen LogP) is 2.09. The molecule has 0 spiro atoms. The molecule has 0 radical (unpaired) electrons. The van der Waals surface area contributed by atoms with Crippen molar-refractivity contribution in [3.63, 3.8) is 0 Å². The summed E-state index contributed by atoms with van der Waals surface area (Å²) in [5.41, 5.74) is 1.83. The van der Waals surface area contributed by atoms with Crippen LogP contribution >= 0.6 is 0 Å². The molecule has 0 unspecified atom stereocenters.